The number of hydrogen-bond donors (Lipinski definition) is 0. The highest BCUT2D eigenvalue weighted by atomic mass is 32.2. The molecule has 1 aliphatic heterocycles. The van der Waals surface area contributed by atoms with E-state index < -0.39 is 0 Å². The fourth-order valence-corrected chi connectivity index (χ4v) is 2.84. The monoisotopic (exact) mass is 320 g/mol. The standard InChI is InChI=1S/C14H17FN6S/c1-10-7-17-14(22-2)19-12(10)20-3-5-21(6-4-20)13-11(15)8-16-9-18-13/h7-9H,3-6H2,1-2H3. The summed E-state index contributed by atoms with van der Waals surface area (Å²) < 4.78 is 13.8. The Balaban J connectivity index is 1.73. The number of nitrogens with zero attached hydrogens (tertiary/aromatic N) is 6. The molecule has 0 spiro atoms. The second-order valence-corrected chi connectivity index (χ2v) is 5.81. The van der Waals surface area contributed by atoms with Crippen LogP contribution < -0.4 is 9.80 Å². The van der Waals surface area contributed by atoms with E-state index in [2.05, 4.69) is 24.8 Å². The van der Waals surface area contributed by atoms with E-state index in [0.717, 1.165) is 29.6 Å². The van der Waals surface area contributed by atoms with E-state index in [0.29, 0.717) is 18.9 Å². The van der Waals surface area contributed by atoms with Crippen LogP contribution in [0.4, 0.5) is 16.0 Å². The van der Waals surface area contributed by atoms with Gasteiger partial charge in [0.25, 0.3) is 0 Å². The zero-order valence-corrected chi connectivity index (χ0v) is 13.3. The SMILES string of the molecule is CSc1ncc(C)c(N2CCN(c3ncncc3F)CC2)n1. The maximum absolute atomic E-state index is 13.8. The third-order valence-corrected chi connectivity index (χ3v) is 4.19. The molecule has 0 bridgehead atoms. The van der Waals surface area contributed by atoms with Crippen LogP contribution in [0.25, 0.3) is 0 Å². The van der Waals surface area contributed by atoms with Gasteiger partial charge in [0, 0.05) is 37.9 Å². The van der Waals surface area contributed by atoms with E-state index in [1.165, 1.54) is 24.3 Å². The van der Waals surface area contributed by atoms with Gasteiger partial charge in [-0.05, 0) is 13.2 Å². The van der Waals surface area contributed by atoms with Crippen molar-refractivity contribution in [2.45, 2.75) is 12.1 Å². The second kappa shape index (κ2) is 6.43. The van der Waals surface area contributed by atoms with Crippen LogP contribution in [0.15, 0.2) is 23.9 Å². The molecule has 0 N–H and O–H groups in total. The summed E-state index contributed by atoms with van der Waals surface area (Å²) in [7, 11) is 0. The van der Waals surface area contributed by atoms with Gasteiger partial charge in [-0.15, -0.1) is 0 Å². The van der Waals surface area contributed by atoms with Crippen molar-refractivity contribution in [3.63, 3.8) is 0 Å². The van der Waals surface area contributed by atoms with Crippen molar-refractivity contribution in [3.8, 4) is 0 Å². The highest BCUT2D eigenvalue weighted by Crippen LogP contribution is 2.23. The zero-order chi connectivity index (χ0) is 15.5. The van der Waals surface area contributed by atoms with E-state index >= 15 is 0 Å². The maximum atomic E-state index is 13.8. The molecular formula is C14H17FN6S. The molecule has 3 rings (SSSR count). The number of aryl methyl sites for hydroxylation is 1. The number of halogens is 1. The van der Waals surface area contributed by atoms with Crippen molar-refractivity contribution in [3.05, 3.63) is 30.1 Å². The summed E-state index contributed by atoms with van der Waals surface area (Å²) in [5, 5.41) is 0.768. The average Bonchev–Trinajstić information content (AvgIpc) is 2.56. The third kappa shape index (κ3) is 2.96. The first-order chi connectivity index (χ1) is 10.7. The number of rotatable bonds is 3. The first-order valence-corrected chi connectivity index (χ1v) is 8.24. The Morgan fingerprint density at radius 1 is 1.05 bits per heavy atom. The molecule has 1 aliphatic rings. The summed E-state index contributed by atoms with van der Waals surface area (Å²) in [6.07, 6.45) is 6.40. The number of hydrogen-bond acceptors (Lipinski definition) is 7. The Kier molecular flexibility index (Phi) is 4.37. The smallest absolute Gasteiger partial charge is 0.189 e. The van der Waals surface area contributed by atoms with E-state index in [1.54, 1.807) is 0 Å². The van der Waals surface area contributed by atoms with Crippen molar-refractivity contribution < 1.29 is 4.39 Å². The van der Waals surface area contributed by atoms with Crippen LogP contribution in [-0.4, -0.2) is 52.4 Å². The Morgan fingerprint density at radius 3 is 2.36 bits per heavy atom. The lowest BCUT2D eigenvalue weighted by atomic mass is 10.2. The first kappa shape index (κ1) is 15.0. The topological polar surface area (TPSA) is 58.0 Å². The summed E-state index contributed by atoms with van der Waals surface area (Å²) in [6, 6.07) is 0. The van der Waals surface area contributed by atoms with Crippen LogP contribution >= 0.6 is 11.8 Å². The van der Waals surface area contributed by atoms with Crippen LogP contribution in [0.1, 0.15) is 5.56 Å². The van der Waals surface area contributed by atoms with Gasteiger partial charge in [-0.3, -0.25) is 0 Å². The van der Waals surface area contributed by atoms with Crippen LogP contribution in [0, 0.1) is 12.7 Å². The normalized spacial score (nSPS) is 15.2. The van der Waals surface area contributed by atoms with Gasteiger partial charge >= 0.3 is 0 Å². The van der Waals surface area contributed by atoms with E-state index in [9.17, 15) is 4.39 Å². The highest BCUT2D eigenvalue weighted by Gasteiger charge is 2.22. The van der Waals surface area contributed by atoms with Gasteiger partial charge < -0.3 is 9.80 Å². The Hall–Kier alpha value is -1.96. The lowest BCUT2D eigenvalue weighted by Crippen LogP contribution is -2.47. The van der Waals surface area contributed by atoms with Crippen LogP contribution in [0.2, 0.25) is 0 Å². The molecule has 6 nitrogen and oxygen atoms in total. The van der Waals surface area contributed by atoms with Gasteiger partial charge in [0.2, 0.25) is 0 Å². The fraction of sp³-hybridized carbons (Fsp3) is 0.429. The zero-order valence-electron chi connectivity index (χ0n) is 12.5. The molecule has 1 fully saturated rings. The van der Waals surface area contributed by atoms with E-state index in [1.807, 2.05) is 24.3 Å². The fourth-order valence-electron chi connectivity index (χ4n) is 2.50. The Labute approximate surface area is 132 Å². The lowest BCUT2D eigenvalue weighted by molar-refractivity contribution is 0.580. The van der Waals surface area contributed by atoms with E-state index in [-0.39, 0.29) is 5.82 Å². The predicted octanol–water partition coefficient (Wildman–Crippen LogP) is 1.76. The molecule has 0 atom stereocenters. The quantitative estimate of drug-likeness (QED) is 0.631. The average molecular weight is 320 g/mol. The predicted molar refractivity (Wildman–Crippen MR) is 85.0 cm³/mol. The molecular weight excluding hydrogens is 303 g/mol. The molecule has 1 saturated heterocycles. The molecule has 116 valence electrons. The molecule has 0 saturated carbocycles. The van der Waals surface area contributed by atoms with Gasteiger partial charge in [-0.1, -0.05) is 11.8 Å². The molecule has 2 aromatic heterocycles. The van der Waals surface area contributed by atoms with E-state index in [4.69, 9.17) is 0 Å². The minimum atomic E-state index is -0.376. The summed E-state index contributed by atoms with van der Waals surface area (Å²) in [6.45, 7) is 4.96. The largest absolute Gasteiger partial charge is 0.353 e. The van der Waals surface area contributed by atoms with Gasteiger partial charge in [0.15, 0.2) is 16.8 Å². The molecule has 2 aromatic rings. The van der Waals surface area contributed by atoms with Crippen molar-refractivity contribution in [1.29, 1.82) is 0 Å². The third-order valence-electron chi connectivity index (χ3n) is 3.63. The first-order valence-electron chi connectivity index (χ1n) is 7.02. The van der Waals surface area contributed by atoms with Crippen molar-refractivity contribution in [1.82, 2.24) is 19.9 Å². The Bertz CT molecular complexity index is 660. The Morgan fingerprint density at radius 2 is 1.73 bits per heavy atom. The highest BCUT2D eigenvalue weighted by molar-refractivity contribution is 7.98. The van der Waals surface area contributed by atoms with Crippen LogP contribution in [-0.2, 0) is 0 Å². The molecule has 0 aromatic carbocycles. The number of anilines is 2. The summed E-state index contributed by atoms with van der Waals surface area (Å²) >= 11 is 1.53. The number of aromatic nitrogens is 4. The maximum Gasteiger partial charge on any atom is 0.189 e. The van der Waals surface area contributed by atoms with Crippen molar-refractivity contribution in [2.75, 3.05) is 42.2 Å². The van der Waals surface area contributed by atoms with Gasteiger partial charge in [0.1, 0.15) is 12.1 Å². The van der Waals surface area contributed by atoms with Crippen LogP contribution in [0.5, 0.6) is 0 Å². The van der Waals surface area contributed by atoms with Crippen molar-refractivity contribution >= 4 is 23.4 Å². The summed E-state index contributed by atoms with van der Waals surface area (Å²) in [4.78, 5) is 20.8. The molecule has 8 heteroatoms. The molecule has 0 unspecified atom stereocenters. The number of piperazine rings is 1. The molecule has 3 heterocycles. The van der Waals surface area contributed by atoms with Crippen molar-refractivity contribution in [2.24, 2.45) is 0 Å². The van der Waals surface area contributed by atoms with Gasteiger partial charge in [0.05, 0.1) is 6.20 Å². The molecule has 0 radical (unpaired) electrons. The molecule has 22 heavy (non-hydrogen) atoms. The lowest BCUT2D eigenvalue weighted by Gasteiger charge is -2.36. The van der Waals surface area contributed by atoms with Gasteiger partial charge in [-0.25, -0.2) is 24.3 Å². The van der Waals surface area contributed by atoms with Gasteiger partial charge in [-0.2, -0.15) is 0 Å². The second-order valence-electron chi connectivity index (χ2n) is 5.03. The minimum Gasteiger partial charge on any atom is -0.353 e. The summed E-state index contributed by atoms with van der Waals surface area (Å²) in [5.74, 6) is 0.958. The summed E-state index contributed by atoms with van der Waals surface area (Å²) in [5.41, 5.74) is 1.06. The molecule has 0 amide bonds. The number of thioether (sulfide) groups is 1. The minimum absolute atomic E-state index is 0.374. The van der Waals surface area contributed by atoms with Crippen LogP contribution in [0.3, 0.4) is 0 Å². The molecule has 0 aliphatic carbocycles.